The zero-order chi connectivity index (χ0) is 80.0. The lowest BCUT2D eigenvalue weighted by atomic mass is 10.0. The van der Waals surface area contributed by atoms with Crippen molar-refractivity contribution in [1.29, 1.82) is 0 Å². The second-order valence-electron chi connectivity index (χ2n) is 31.4. The molecule has 10 heteroatoms. The molecule has 122 heavy (non-hydrogen) atoms. The molecular formula is C112H68N8O2. The zero-order valence-electron chi connectivity index (χ0n) is 65.7. The fraction of sp³-hybridized carbons (Fsp3) is 0. The van der Waals surface area contributed by atoms with Crippen molar-refractivity contribution in [2.75, 3.05) is 0 Å². The predicted molar refractivity (Wildman–Crippen MR) is 504 cm³/mol. The van der Waals surface area contributed by atoms with E-state index in [0.29, 0.717) is 11.8 Å². The van der Waals surface area contributed by atoms with Gasteiger partial charge in [-0.25, -0.2) is 19.9 Å². The van der Waals surface area contributed by atoms with E-state index >= 15 is 0 Å². The summed E-state index contributed by atoms with van der Waals surface area (Å²) in [6.07, 6.45) is 0. The topological polar surface area (TPSA) is 97.6 Å². The number of benzene rings is 18. The van der Waals surface area contributed by atoms with Gasteiger partial charge in [0.15, 0.2) is 5.82 Å². The minimum absolute atomic E-state index is 0.629. The molecule has 0 amide bonds. The van der Waals surface area contributed by atoms with Gasteiger partial charge in [-0.05, 0) is 155 Å². The number of aromatic nitrogens is 8. The van der Waals surface area contributed by atoms with Crippen LogP contribution >= 0.6 is 0 Å². The van der Waals surface area contributed by atoms with Crippen LogP contribution in [-0.2, 0) is 0 Å². The highest BCUT2D eigenvalue weighted by molar-refractivity contribution is 6.33. The maximum Gasteiger partial charge on any atom is 0.235 e. The zero-order valence-corrected chi connectivity index (χ0v) is 65.7. The van der Waals surface area contributed by atoms with Crippen LogP contribution in [0.5, 0.6) is 0 Å². The summed E-state index contributed by atoms with van der Waals surface area (Å²) < 4.78 is 22.6. The molecule has 0 saturated heterocycles. The third-order valence-corrected chi connectivity index (χ3v) is 24.7. The Kier molecular flexibility index (Phi) is 15.5. The first-order valence-corrected chi connectivity index (χ1v) is 41.3. The van der Waals surface area contributed by atoms with Crippen molar-refractivity contribution in [3.8, 4) is 90.3 Å². The Morgan fingerprint density at radius 2 is 0.492 bits per heavy atom. The number of rotatable bonds is 10. The Hall–Kier alpha value is -16.6. The van der Waals surface area contributed by atoms with Crippen LogP contribution in [0.3, 0.4) is 0 Å². The number of furan rings is 2. The van der Waals surface area contributed by atoms with Gasteiger partial charge in [-0.15, -0.1) is 0 Å². The van der Waals surface area contributed by atoms with E-state index in [1.807, 2.05) is 24.3 Å². The summed E-state index contributed by atoms with van der Waals surface area (Å²) in [5, 5.41) is 15.8. The van der Waals surface area contributed by atoms with Crippen molar-refractivity contribution >= 4 is 153 Å². The second-order valence-corrected chi connectivity index (χ2v) is 31.4. The molecule has 0 saturated carbocycles. The van der Waals surface area contributed by atoms with Crippen molar-refractivity contribution in [2.45, 2.75) is 0 Å². The van der Waals surface area contributed by atoms with Crippen molar-refractivity contribution in [2.24, 2.45) is 0 Å². The molecule has 0 atom stereocenters. The first-order valence-electron chi connectivity index (χ1n) is 41.3. The Morgan fingerprint density at radius 1 is 0.172 bits per heavy atom. The lowest BCUT2D eigenvalue weighted by Gasteiger charge is -2.13. The molecule has 0 aliphatic rings. The van der Waals surface area contributed by atoms with Gasteiger partial charge in [-0.2, -0.15) is 0 Å². The number of fused-ring (bicyclic) bond motifs is 24. The van der Waals surface area contributed by atoms with Gasteiger partial charge in [0.1, 0.15) is 22.3 Å². The molecule has 0 radical (unpaired) electrons. The molecule has 26 rings (SSSR count). The summed E-state index contributed by atoms with van der Waals surface area (Å²) in [6.45, 7) is 0. The fourth-order valence-electron chi connectivity index (χ4n) is 19.2. The minimum Gasteiger partial charge on any atom is -0.456 e. The van der Waals surface area contributed by atoms with Crippen LogP contribution in [0.4, 0.5) is 0 Å². The highest BCUT2D eigenvalue weighted by atomic mass is 16.3. The Balaban J connectivity index is 0.000000134. The Morgan fingerprint density at radius 3 is 0.967 bits per heavy atom. The lowest BCUT2D eigenvalue weighted by molar-refractivity contribution is 0.669. The van der Waals surface area contributed by atoms with Gasteiger partial charge >= 0.3 is 0 Å². The third kappa shape index (κ3) is 10.8. The number of hydrogen-bond acceptors (Lipinski definition) is 6. The Labute approximate surface area is 698 Å². The largest absolute Gasteiger partial charge is 0.456 e. The molecular weight excluding hydrogens is 1490 g/mol. The molecule has 10 nitrogen and oxygen atoms in total. The van der Waals surface area contributed by atoms with Gasteiger partial charge in [-0.3, -0.25) is 4.57 Å². The second kappa shape index (κ2) is 27.5. The summed E-state index contributed by atoms with van der Waals surface area (Å²) in [5.41, 5.74) is 29.4. The van der Waals surface area contributed by atoms with Crippen LogP contribution < -0.4 is 0 Å². The van der Waals surface area contributed by atoms with Gasteiger partial charge in [0.25, 0.3) is 0 Å². The molecule has 0 fully saturated rings. The normalized spacial score (nSPS) is 11.9. The maximum absolute atomic E-state index is 6.53. The average molecular weight is 1560 g/mol. The van der Waals surface area contributed by atoms with E-state index in [1.54, 1.807) is 0 Å². The van der Waals surface area contributed by atoms with Crippen molar-refractivity contribution < 1.29 is 8.83 Å². The molecule has 0 spiro atoms. The van der Waals surface area contributed by atoms with Crippen LogP contribution in [0.2, 0.25) is 0 Å². The maximum atomic E-state index is 6.53. The van der Waals surface area contributed by atoms with Crippen molar-refractivity contribution in [1.82, 2.24) is 38.2 Å². The minimum atomic E-state index is 0.629. The smallest absolute Gasteiger partial charge is 0.235 e. The molecule has 18 aromatic carbocycles. The van der Waals surface area contributed by atoms with Crippen LogP contribution in [0, 0.1) is 0 Å². The van der Waals surface area contributed by atoms with E-state index in [4.69, 9.17) is 28.8 Å². The van der Waals surface area contributed by atoms with E-state index < -0.39 is 0 Å². The van der Waals surface area contributed by atoms with Crippen molar-refractivity contribution in [3.63, 3.8) is 0 Å². The monoisotopic (exact) mass is 1560 g/mol. The van der Waals surface area contributed by atoms with Crippen LogP contribution in [0.25, 0.3) is 243 Å². The van der Waals surface area contributed by atoms with Gasteiger partial charge < -0.3 is 22.5 Å². The lowest BCUT2D eigenvalue weighted by Crippen LogP contribution is -2.03. The molecule has 8 heterocycles. The average Bonchev–Trinajstić information content (AvgIpc) is 1.49. The van der Waals surface area contributed by atoms with Gasteiger partial charge in [0, 0.05) is 98.4 Å². The highest BCUT2D eigenvalue weighted by Gasteiger charge is 2.28. The molecule has 8 aromatic heterocycles. The summed E-state index contributed by atoms with van der Waals surface area (Å²) >= 11 is 0. The number of hydrogen-bond donors (Lipinski definition) is 0. The highest BCUT2D eigenvalue weighted by Crippen LogP contribution is 2.49. The summed E-state index contributed by atoms with van der Waals surface area (Å²) in [5.74, 6) is 1.32. The van der Waals surface area contributed by atoms with E-state index in [1.165, 1.54) is 65.7 Å². The van der Waals surface area contributed by atoms with Gasteiger partial charge in [0.05, 0.1) is 77.3 Å². The third-order valence-electron chi connectivity index (χ3n) is 24.7. The van der Waals surface area contributed by atoms with E-state index in [2.05, 4.69) is 407 Å². The molecule has 568 valence electrons. The van der Waals surface area contributed by atoms with Gasteiger partial charge in [0.2, 0.25) is 5.95 Å². The van der Waals surface area contributed by atoms with Crippen LogP contribution in [0.15, 0.2) is 421 Å². The van der Waals surface area contributed by atoms with E-state index in [9.17, 15) is 0 Å². The van der Waals surface area contributed by atoms with E-state index in [0.717, 1.165) is 166 Å². The summed E-state index contributed by atoms with van der Waals surface area (Å²) in [4.78, 5) is 21.1. The van der Waals surface area contributed by atoms with Crippen LogP contribution in [0.1, 0.15) is 0 Å². The number of para-hydroxylation sites is 6. The first-order chi connectivity index (χ1) is 60.5. The molecule has 0 bridgehead atoms. The standard InChI is InChI=1S/2C56H34N4O/c1-3-13-35(14-4-1)36-23-27-39(28-24-36)59-47-21-11-8-18-44(47)51-48(59)33-31-41-42-32-34-50-52(45-19-9-12-22-49(45)61-50)55(42)60(54(41)51)40-29-25-38(26-30-40)56-57-46-20-10-7-17-43(46)53(58-56)37-15-5-2-6-16-37;1-3-13-35(14-4-1)37-23-25-39(26-24-37)53-43-17-7-10-20-46(43)57-56(58-53)60-47-21-11-8-18-44(47)51-48(60)33-31-41-42-32-34-50-52(45-19-9-12-22-49(45)61-50)55(42)59(54(41)51)40-29-27-38(28-30-40)36-15-5-2-6-16-36/h2*1-34H. The molecule has 0 aliphatic carbocycles. The first kappa shape index (κ1) is 68.6. The van der Waals surface area contributed by atoms with Crippen LogP contribution in [-0.4, -0.2) is 38.2 Å². The van der Waals surface area contributed by atoms with E-state index in [-0.39, 0.29) is 0 Å². The summed E-state index contributed by atoms with van der Waals surface area (Å²) in [7, 11) is 0. The molecule has 0 aliphatic heterocycles. The predicted octanol–water partition coefficient (Wildman–Crippen LogP) is 29.4. The fourth-order valence-corrected chi connectivity index (χ4v) is 19.2. The number of nitrogens with zero attached hydrogens (tertiary/aromatic N) is 8. The molecule has 0 unspecified atom stereocenters. The van der Waals surface area contributed by atoms with Gasteiger partial charge in [-0.1, -0.05) is 291 Å². The van der Waals surface area contributed by atoms with Crippen molar-refractivity contribution in [3.05, 3.63) is 413 Å². The molecule has 26 aromatic rings. The Bertz CT molecular complexity index is 8710. The quantitative estimate of drug-likeness (QED) is 0.135. The molecule has 0 N–H and O–H groups in total. The SMILES string of the molecule is c1ccc(-c2ccc(-c3nc(-n4c5ccccc5c5c4ccc4c6ccc7oc8ccccc8c7c6n(-c6ccc(-c7ccccc7)cc6)c45)nc4ccccc34)cc2)cc1.c1ccc(-c2ccc(-n3c4ccccc4c4c3ccc3c5ccc6oc7ccccc7c6c5n(-c5ccc(-c6nc(-c7ccccc7)c7ccccc7n6)cc5)c34)cc2)cc1. The summed E-state index contributed by atoms with van der Waals surface area (Å²) in [6, 6.07) is 146.